The summed E-state index contributed by atoms with van der Waals surface area (Å²) in [6.07, 6.45) is 3.61. The van der Waals surface area contributed by atoms with Gasteiger partial charge in [-0.25, -0.2) is 19.8 Å². The number of nitrogens with one attached hydrogen (secondary N) is 1. The molecule has 3 fully saturated rings. The maximum atomic E-state index is 12.8. The van der Waals surface area contributed by atoms with Crippen molar-refractivity contribution in [2.75, 3.05) is 57.4 Å². The van der Waals surface area contributed by atoms with Crippen LogP contribution in [0.25, 0.3) is 11.3 Å². The fraction of sp³-hybridized carbons (Fsp3) is 0.560. The van der Waals surface area contributed by atoms with E-state index in [1.165, 1.54) is 0 Å². The molecule has 1 aliphatic carbocycles. The van der Waals surface area contributed by atoms with Crippen LogP contribution in [-0.2, 0) is 9.53 Å². The SMILES string of the molecule is O=C(NC1(C(=O)O)CCCCC1)c1ccc(-c2csc(N3CCN(N4CCOCC4)CC3)n2)cc1. The predicted molar refractivity (Wildman–Crippen MR) is 135 cm³/mol. The fourth-order valence-corrected chi connectivity index (χ4v) is 6.07. The Balaban J connectivity index is 1.19. The van der Waals surface area contributed by atoms with Gasteiger partial charge in [0.15, 0.2) is 5.13 Å². The van der Waals surface area contributed by atoms with Gasteiger partial charge in [0.2, 0.25) is 0 Å². The number of rotatable bonds is 6. The summed E-state index contributed by atoms with van der Waals surface area (Å²) in [5, 5.41) is 20.4. The Kier molecular flexibility index (Phi) is 7.33. The number of hydrazine groups is 1. The van der Waals surface area contributed by atoms with Crippen LogP contribution in [-0.4, -0.2) is 90.0 Å². The van der Waals surface area contributed by atoms with E-state index >= 15 is 0 Å². The van der Waals surface area contributed by atoms with Crippen molar-refractivity contribution in [2.45, 2.75) is 37.6 Å². The van der Waals surface area contributed by atoms with Gasteiger partial charge in [-0.1, -0.05) is 31.4 Å². The molecule has 9 nitrogen and oxygen atoms in total. The van der Waals surface area contributed by atoms with Crippen molar-refractivity contribution in [3.8, 4) is 11.3 Å². The van der Waals surface area contributed by atoms with Gasteiger partial charge >= 0.3 is 5.97 Å². The summed E-state index contributed by atoms with van der Waals surface area (Å²) in [7, 11) is 0. The van der Waals surface area contributed by atoms with Gasteiger partial charge in [0, 0.05) is 55.8 Å². The number of carboxylic acids is 1. The Labute approximate surface area is 209 Å². The molecule has 1 aromatic carbocycles. The lowest BCUT2D eigenvalue weighted by molar-refractivity contribution is -0.145. The first kappa shape index (κ1) is 24.2. The molecule has 0 spiro atoms. The van der Waals surface area contributed by atoms with Crippen LogP contribution in [0.15, 0.2) is 29.6 Å². The molecule has 0 bridgehead atoms. The van der Waals surface area contributed by atoms with Crippen LogP contribution in [0.4, 0.5) is 5.13 Å². The van der Waals surface area contributed by atoms with Crippen molar-refractivity contribution in [3.63, 3.8) is 0 Å². The maximum Gasteiger partial charge on any atom is 0.329 e. The third kappa shape index (κ3) is 5.35. The number of carbonyl (C=O) groups is 2. The molecule has 3 heterocycles. The summed E-state index contributed by atoms with van der Waals surface area (Å²) < 4.78 is 5.46. The smallest absolute Gasteiger partial charge is 0.329 e. The number of carboxylic acid groups (broad SMARTS) is 1. The summed E-state index contributed by atoms with van der Waals surface area (Å²) in [6.45, 7) is 7.38. The fourth-order valence-electron chi connectivity index (χ4n) is 5.18. The molecular weight excluding hydrogens is 466 g/mol. The number of hydrogen-bond donors (Lipinski definition) is 2. The normalized spacial score (nSPS) is 21.5. The molecular formula is C25H33N5O4S. The minimum absolute atomic E-state index is 0.335. The topological polar surface area (TPSA) is 98.2 Å². The molecule has 3 aliphatic rings. The Hall–Kier alpha value is -2.53. The van der Waals surface area contributed by atoms with Crippen molar-refractivity contribution in [2.24, 2.45) is 0 Å². The first-order valence-electron chi connectivity index (χ1n) is 12.5. The van der Waals surface area contributed by atoms with Crippen molar-refractivity contribution < 1.29 is 19.4 Å². The molecule has 188 valence electrons. The predicted octanol–water partition coefficient (Wildman–Crippen LogP) is 2.70. The highest BCUT2D eigenvalue weighted by Crippen LogP contribution is 2.30. The second-order valence-electron chi connectivity index (χ2n) is 9.50. The van der Waals surface area contributed by atoms with E-state index in [1.807, 2.05) is 12.1 Å². The van der Waals surface area contributed by atoms with Crippen LogP contribution in [0.2, 0.25) is 0 Å². The van der Waals surface area contributed by atoms with Crippen LogP contribution in [0.3, 0.4) is 0 Å². The average Bonchev–Trinajstić information content (AvgIpc) is 3.40. The summed E-state index contributed by atoms with van der Waals surface area (Å²) >= 11 is 1.64. The third-order valence-corrected chi connectivity index (χ3v) is 8.22. The molecule has 35 heavy (non-hydrogen) atoms. The number of amides is 1. The third-order valence-electron chi connectivity index (χ3n) is 7.32. The first-order chi connectivity index (χ1) is 17.0. The van der Waals surface area contributed by atoms with Crippen LogP contribution in [0.5, 0.6) is 0 Å². The van der Waals surface area contributed by atoms with Gasteiger partial charge in [-0.3, -0.25) is 4.79 Å². The van der Waals surface area contributed by atoms with E-state index in [0.717, 1.165) is 88.1 Å². The molecule has 5 rings (SSSR count). The molecule has 2 aromatic rings. The Bertz CT molecular complexity index is 1020. The monoisotopic (exact) mass is 499 g/mol. The molecule has 0 atom stereocenters. The molecule has 1 amide bonds. The molecule has 0 unspecified atom stereocenters. The highest BCUT2D eigenvalue weighted by atomic mass is 32.1. The standard InChI is InChI=1S/C25H33N5O4S/c31-22(27-25(23(32)33)8-2-1-3-9-25)20-6-4-19(5-7-20)21-18-35-24(26-21)28-10-12-29(13-11-28)30-14-16-34-17-15-30/h4-7,18H,1-3,8-17H2,(H,27,31)(H,32,33). The van der Waals surface area contributed by atoms with E-state index in [9.17, 15) is 14.7 Å². The van der Waals surface area contributed by atoms with E-state index in [2.05, 4.69) is 25.6 Å². The number of benzene rings is 1. The minimum atomic E-state index is -1.15. The van der Waals surface area contributed by atoms with Gasteiger partial charge in [-0.2, -0.15) is 0 Å². The molecule has 2 saturated heterocycles. The van der Waals surface area contributed by atoms with Crippen LogP contribution in [0, 0.1) is 0 Å². The second-order valence-corrected chi connectivity index (χ2v) is 10.3. The number of ether oxygens (including phenoxy) is 1. The largest absolute Gasteiger partial charge is 0.480 e. The van der Waals surface area contributed by atoms with Crippen molar-refractivity contribution in [1.82, 2.24) is 20.3 Å². The number of hydrogen-bond acceptors (Lipinski definition) is 8. The first-order valence-corrected chi connectivity index (χ1v) is 13.4. The van der Waals surface area contributed by atoms with Gasteiger partial charge in [-0.15, -0.1) is 11.3 Å². The van der Waals surface area contributed by atoms with Crippen molar-refractivity contribution in [3.05, 3.63) is 35.2 Å². The summed E-state index contributed by atoms with van der Waals surface area (Å²) in [5.74, 6) is -1.28. The lowest BCUT2D eigenvalue weighted by Crippen LogP contribution is -2.56. The van der Waals surface area contributed by atoms with Gasteiger partial charge in [-0.05, 0) is 25.0 Å². The summed E-state index contributed by atoms with van der Waals surface area (Å²) in [6, 6.07) is 7.28. The number of nitrogens with zero attached hydrogens (tertiary/aromatic N) is 4. The van der Waals surface area contributed by atoms with E-state index in [4.69, 9.17) is 9.72 Å². The van der Waals surface area contributed by atoms with E-state index < -0.39 is 11.5 Å². The molecule has 2 aliphatic heterocycles. The summed E-state index contributed by atoms with van der Waals surface area (Å²) in [4.78, 5) is 31.9. The van der Waals surface area contributed by atoms with Gasteiger partial charge < -0.3 is 20.1 Å². The minimum Gasteiger partial charge on any atom is -0.480 e. The lowest BCUT2D eigenvalue weighted by atomic mass is 9.81. The average molecular weight is 500 g/mol. The molecule has 10 heteroatoms. The van der Waals surface area contributed by atoms with Crippen LogP contribution < -0.4 is 10.2 Å². The lowest BCUT2D eigenvalue weighted by Gasteiger charge is -2.42. The number of piperazine rings is 1. The van der Waals surface area contributed by atoms with E-state index in [0.29, 0.717) is 18.4 Å². The highest BCUT2D eigenvalue weighted by Gasteiger charge is 2.41. The quantitative estimate of drug-likeness (QED) is 0.626. The molecule has 1 saturated carbocycles. The Morgan fingerprint density at radius 2 is 1.60 bits per heavy atom. The number of aromatic nitrogens is 1. The van der Waals surface area contributed by atoms with Crippen molar-refractivity contribution in [1.29, 1.82) is 0 Å². The van der Waals surface area contributed by atoms with Crippen molar-refractivity contribution >= 4 is 28.3 Å². The summed E-state index contributed by atoms with van der Waals surface area (Å²) in [5.41, 5.74) is 1.15. The zero-order valence-electron chi connectivity index (χ0n) is 19.9. The number of aliphatic carboxylic acids is 1. The highest BCUT2D eigenvalue weighted by molar-refractivity contribution is 7.14. The van der Waals surface area contributed by atoms with Gasteiger partial charge in [0.05, 0.1) is 18.9 Å². The number of anilines is 1. The van der Waals surface area contributed by atoms with Crippen LogP contribution in [0.1, 0.15) is 42.5 Å². The Morgan fingerprint density at radius 1 is 0.943 bits per heavy atom. The van der Waals surface area contributed by atoms with Gasteiger partial charge in [0.1, 0.15) is 5.54 Å². The Morgan fingerprint density at radius 3 is 2.26 bits per heavy atom. The van der Waals surface area contributed by atoms with E-state index in [-0.39, 0.29) is 5.91 Å². The van der Waals surface area contributed by atoms with Gasteiger partial charge in [0.25, 0.3) is 5.91 Å². The zero-order chi connectivity index (χ0) is 24.3. The number of carbonyl (C=O) groups excluding carboxylic acids is 1. The second kappa shape index (κ2) is 10.6. The zero-order valence-corrected chi connectivity index (χ0v) is 20.8. The van der Waals surface area contributed by atoms with E-state index in [1.54, 1.807) is 23.5 Å². The molecule has 0 radical (unpaired) electrons. The molecule has 2 N–H and O–H groups in total. The number of morpholine rings is 1. The van der Waals surface area contributed by atoms with Crippen LogP contribution >= 0.6 is 11.3 Å². The molecule has 1 aromatic heterocycles. The maximum absolute atomic E-state index is 12.8. The number of thiazole rings is 1.